The van der Waals surface area contributed by atoms with E-state index in [9.17, 15) is 25.0 Å². The highest BCUT2D eigenvalue weighted by Gasteiger charge is 2.19. The van der Waals surface area contributed by atoms with Gasteiger partial charge in [-0.2, -0.15) is 0 Å². The van der Waals surface area contributed by atoms with Gasteiger partial charge in [0.15, 0.2) is 5.78 Å². The summed E-state index contributed by atoms with van der Waals surface area (Å²) in [5.41, 5.74) is 5.16. The fourth-order valence-electron chi connectivity index (χ4n) is 4.37. The summed E-state index contributed by atoms with van der Waals surface area (Å²) in [4.78, 5) is 34.2. The summed E-state index contributed by atoms with van der Waals surface area (Å²) in [5, 5.41) is 22.2. The molecule has 0 saturated carbocycles. The molecule has 39 heavy (non-hydrogen) atoms. The molecule has 0 spiro atoms. The average Bonchev–Trinajstić information content (AvgIpc) is 3.36. The first-order valence-electron chi connectivity index (χ1n) is 12.0. The second-order valence-electron chi connectivity index (χ2n) is 8.68. The van der Waals surface area contributed by atoms with Crippen LogP contribution in [-0.2, 0) is 0 Å². The number of nitro groups is 2. The van der Waals surface area contributed by atoms with Gasteiger partial charge in [0, 0.05) is 41.1 Å². The van der Waals surface area contributed by atoms with Crippen molar-refractivity contribution in [3.8, 4) is 28.2 Å². The van der Waals surface area contributed by atoms with Gasteiger partial charge in [0.2, 0.25) is 0 Å². The number of allylic oxidation sites excluding steroid dienone is 1. The van der Waals surface area contributed by atoms with Gasteiger partial charge in [0.25, 0.3) is 11.4 Å². The highest BCUT2D eigenvalue weighted by Crippen LogP contribution is 2.37. The zero-order valence-corrected chi connectivity index (χ0v) is 20.5. The molecule has 8 heteroatoms. The molecular formula is C31H21N3O5. The van der Waals surface area contributed by atoms with E-state index in [-0.39, 0.29) is 17.2 Å². The Morgan fingerprint density at radius 2 is 1.18 bits per heavy atom. The molecule has 0 aliphatic carbocycles. The molecular weight excluding hydrogens is 494 g/mol. The van der Waals surface area contributed by atoms with Crippen molar-refractivity contribution in [3.05, 3.63) is 153 Å². The van der Waals surface area contributed by atoms with Crippen molar-refractivity contribution >= 4 is 23.2 Å². The zero-order chi connectivity index (χ0) is 27.4. The molecule has 0 atom stereocenters. The summed E-state index contributed by atoms with van der Waals surface area (Å²) >= 11 is 0. The Kier molecular flexibility index (Phi) is 6.92. The molecule has 4 aromatic carbocycles. The molecule has 0 radical (unpaired) electrons. The number of carbonyl (C=O) groups excluding carboxylic acids is 1. The van der Waals surface area contributed by atoms with Crippen LogP contribution < -0.4 is 0 Å². The van der Waals surface area contributed by atoms with Crippen LogP contribution in [0.3, 0.4) is 0 Å². The second kappa shape index (κ2) is 10.8. The van der Waals surface area contributed by atoms with Crippen LogP contribution in [0.5, 0.6) is 0 Å². The summed E-state index contributed by atoms with van der Waals surface area (Å²) in [6.45, 7) is 0. The van der Waals surface area contributed by atoms with E-state index in [1.54, 1.807) is 18.2 Å². The van der Waals surface area contributed by atoms with Crippen molar-refractivity contribution in [1.82, 2.24) is 4.57 Å². The molecule has 0 bridgehead atoms. The van der Waals surface area contributed by atoms with Gasteiger partial charge in [-0.15, -0.1) is 0 Å². The minimum atomic E-state index is -0.512. The van der Waals surface area contributed by atoms with Crippen LogP contribution in [-0.4, -0.2) is 20.2 Å². The Morgan fingerprint density at radius 1 is 0.667 bits per heavy atom. The maximum Gasteiger partial charge on any atom is 0.269 e. The number of rotatable bonds is 8. The van der Waals surface area contributed by atoms with E-state index in [0.717, 1.165) is 33.8 Å². The molecule has 0 saturated heterocycles. The number of ketones is 1. The van der Waals surface area contributed by atoms with Crippen molar-refractivity contribution in [2.24, 2.45) is 0 Å². The Morgan fingerprint density at radius 3 is 1.72 bits per heavy atom. The van der Waals surface area contributed by atoms with Crippen LogP contribution >= 0.6 is 0 Å². The standard InChI is InChI=1S/C31H21N3O5/c35-30(23-11-14-27(15-12-23)33(36)37)20-13-25-21-29(22-7-3-1-4-8-22)32(31(25)24-9-5-2-6-10-24)26-16-18-28(19-17-26)34(38)39/h1-21H/b20-13+. The second-order valence-corrected chi connectivity index (χ2v) is 8.68. The van der Waals surface area contributed by atoms with Crippen molar-refractivity contribution < 1.29 is 14.6 Å². The van der Waals surface area contributed by atoms with E-state index in [0.29, 0.717) is 5.56 Å². The fourth-order valence-corrected chi connectivity index (χ4v) is 4.37. The lowest BCUT2D eigenvalue weighted by molar-refractivity contribution is -0.385. The molecule has 8 nitrogen and oxygen atoms in total. The van der Waals surface area contributed by atoms with E-state index in [2.05, 4.69) is 0 Å². The Hall–Kier alpha value is -5.63. The smallest absolute Gasteiger partial charge is 0.269 e. The topological polar surface area (TPSA) is 108 Å². The van der Waals surface area contributed by atoms with Gasteiger partial charge in [0.05, 0.1) is 21.2 Å². The number of non-ortho nitro benzene ring substituents is 2. The number of aromatic nitrogens is 1. The minimum absolute atomic E-state index is 0.0118. The summed E-state index contributed by atoms with van der Waals surface area (Å²) in [5.74, 6) is -0.298. The van der Waals surface area contributed by atoms with Crippen molar-refractivity contribution in [3.63, 3.8) is 0 Å². The SMILES string of the molecule is O=C(/C=C/c1cc(-c2ccccc2)n(-c2ccc([N+](=O)[O-])cc2)c1-c1ccccc1)c1ccc([N+](=O)[O-])cc1. The maximum absolute atomic E-state index is 13.0. The quantitative estimate of drug-likeness (QED) is 0.0919. The van der Waals surface area contributed by atoms with Gasteiger partial charge in [-0.25, -0.2) is 0 Å². The maximum atomic E-state index is 13.0. The summed E-state index contributed by atoms with van der Waals surface area (Å²) in [6.07, 6.45) is 3.16. The number of hydrogen-bond donors (Lipinski definition) is 0. The molecule has 0 N–H and O–H groups in total. The van der Waals surface area contributed by atoms with Gasteiger partial charge < -0.3 is 4.57 Å². The van der Waals surface area contributed by atoms with E-state index in [1.807, 2.05) is 71.3 Å². The van der Waals surface area contributed by atoms with Crippen LogP contribution in [0.4, 0.5) is 11.4 Å². The lowest BCUT2D eigenvalue weighted by Crippen LogP contribution is -2.00. The van der Waals surface area contributed by atoms with Gasteiger partial charge in [-0.3, -0.25) is 25.0 Å². The molecule has 0 amide bonds. The monoisotopic (exact) mass is 515 g/mol. The van der Waals surface area contributed by atoms with Crippen molar-refractivity contribution in [1.29, 1.82) is 0 Å². The average molecular weight is 516 g/mol. The largest absolute Gasteiger partial charge is 0.309 e. The van der Waals surface area contributed by atoms with Crippen LogP contribution in [0.25, 0.3) is 34.3 Å². The predicted octanol–water partition coefficient (Wildman–Crippen LogP) is 7.52. The van der Waals surface area contributed by atoms with E-state index < -0.39 is 9.85 Å². The minimum Gasteiger partial charge on any atom is -0.309 e. The molecule has 5 aromatic rings. The first-order valence-corrected chi connectivity index (χ1v) is 12.0. The number of hydrogen-bond acceptors (Lipinski definition) is 5. The third-order valence-corrected chi connectivity index (χ3v) is 6.24. The molecule has 0 aliphatic heterocycles. The molecule has 0 aliphatic rings. The number of benzene rings is 4. The summed E-state index contributed by atoms with van der Waals surface area (Å²) < 4.78 is 2.02. The normalized spacial score (nSPS) is 11.0. The van der Waals surface area contributed by atoms with E-state index >= 15 is 0 Å². The fraction of sp³-hybridized carbons (Fsp3) is 0. The molecule has 0 unspecified atom stereocenters. The van der Waals surface area contributed by atoms with Crippen LogP contribution in [0.1, 0.15) is 15.9 Å². The summed E-state index contributed by atoms with van der Waals surface area (Å²) in [7, 11) is 0. The highest BCUT2D eigenvalue weighted by molar-refractivity contribution is 6.07. The highest BCUT2D eigenvalue weighted by atomic mass is 16.6. The molecule has 1 aromatic heterocycles. The zero-order valence-electron chi connectivity index (χ0n) is 20.5. The third kappa shape index (κ3) is 5.26. The molecule has 1 heterocycles. The van der Waals surface area contributed by atoms with Crippen LogP contribution in [0.15, 0.2) is 121 Å². The van der Waals surface area contributed by atoms with Gasteiger partial charge in [-0.1, -0.05) is 60.7 Å². The number of nitrogens with zero attached hydrogens (tertiary/aromatic N) is 3. The lowest BCUT2D eigenvalue weighted by atomic mass is 10.0. The van der Waals surface area contributed by atoms with Gasteiger partial charge >= 0.3 is 0 Å². The number of nitro benzene ring substituents is 2. The lowest BCUT2D eigenvalue weighted by Gasteiger charge is -2.15. The summed E-state index contributed by atoms with van der Waals surface area (Å²) in [6, 6.07) is 33.2. The third-order valence-electron chi connectivity index (χ3n) is 6.24. The Balaban J connectivity index is 1.67. The van der Waals surface area contributed by atoms with Gasteiger partial charge in [-0.05, 0) is 53.6 Å². The van der Waals surface area contributed by atoms with E-state index in [1.165, 1.54) is 42.5 Å². The van der Waals surface area contributed by atoms with Crippen LogP contribution in [0, 0.1) is 20.2 Å². The van der Waals surface area contributed by atoms with Crippen LogP contribution in [0.2, 0.25) is 0 Å². The molecule has 5 rings (SSSR count). The first kappa shape index (κ1) is 25.0. The Bertz CT molecular complexity index is 1690. The van der Waals surface area contributed by atoms with Crippen molar-refractivity contribution in [2.75, 3.05) is 0 Å². The molecule has 190 valence electrons. The van der Waals surface area contributed by atoms with Crippen molar-refractivity contribution in [2.45, 2.75) is 0 Å². The molecule has 0 fully saturated rings. The predicted molar refractivity (Wildman–Crippen MR) is 150 cm³/mol. The number of carbonyl (C=O) groups is 1. The van der Waals surface area contributed by atoms with Gasteiger partial charge in [0.1, 0.15) is 0 Å². The Labute approximate surface area is 223 Å². The van der Waals surface area contributed by atoms with E-state index in [4.69, 9.17) is 0 Å². The first-order chi connectivity index (χ1) is 18.9.